The van der Waals surface area contributed by atoms with Gasteiger partial charge in [-0.1, -0.05) is 24.1 Å². The number of hydrogen-bond donors (Lipinski definition) is 3. The second-order valence-corrected chi connectivity index (χ2v) is 6.47. The molecule has 1 aliphatic rings. The zero-order valence-electron chi connectivity index (χ0n) is 15.1. The van der Waals surface area contributed by atoms with E-state index in [1.807, 2.05) is 6.07 Å². The van der Waals surface area contributed by atoms with Crippen LogP contribution in [0, 0.1) is 12.8 Å². The highest BCUT2D eigenvalue weighted by molar-refractivity contribution is 5.79. The number of ether oxygens (including phenoxy) is 1. The maximum absolute atomic E-state index is 9.92. The van der Waals surface area contributed by atoms with Crippen molar-refractivity contribution in [2.24, 2.45) is 10.9 Å². The van der Waals surface area contributed by atoms with Crippen LogP contribution in [0.25, 0.3) is 0 Å². The molecule has 3 N–H and O–H groups in total. The molecule has 0 spiro atoms. The molecule has 0 heterocycles. The van der Waals surface area contributed by atoms with E-state index in [-0.39, 0.29) is 6.10 Å². The minimum absolute atomic E-state index is 0.187. The highest BCUT2D eigenvalue weighted by atomic mass is 16.5. The fourth-order valence-electron chi connectivity index (χ4n) is 3.20. The Morgan fingerprint density at radius 2 is 2.17 bits per heavy atom. The predicted octanol–water partition coefficient (Wildman–Crippen LogP) is 2.26. The molecule has 0 radical (unpaired) electrons. The van der Waals surface area contributed by atoms with Gasteiger partial charge in [-0.15, -0.1) is 0 Å². The zero-order chi connectivity index (χ0) is 17.4. The molecule has 2 rings (SSSR count). The van der Waals surface area contributed by atoms with Crippen molar-refractivity contribution in [3.05, 3.63) is 29.3 Å². The van der Waals surface area contributed by atoms with Crippen LogP contribution in [0.15, 0.2) is 23.2 Å². The van der Waals surface area contributed by atoms with Gasteiger partial charge < -0.3 is 20.5 Å². The number of hydrogen-bond acceptors (Lipinski definition) is 3. The summed E-state index contributed by atoms with van der Waals surface area (Å²) < 4.78 is 5.43. The van der Waals surface area contributed by atoms with Gasteiger partial charge in [-0.2, -0.15) is 0 Å². The number of guanidine groups is 1. The lowest BCUT2D eigenvalue weighted by atomic mass is 10.1. The number of benzene rings is 1. The first-order valence-corrected chi connectivity index (χ1v) is 8.97. The van der Waals surface area contributed by atoms with Crippen molar-refractivity contribution < 1.29 is 9.84 Å². The first kappa shape index (κ1) is 18.6. The molecule has 0 aliphatic heterocycles. The van der Waals surface area contributed by atoms with Crippen molar-refractivity contribution in [3.8, 4) is 5.75 Å². The summed E-state index contributed by atoms with van der Waals surface area (Å²) in [5.74, 6) is 2.05. The molecule has 1 saturated carbocycles. The van der Waals surface area contributed by atoms with Crippen molar-refractivity contribution in [3.63, 3.8) is 0 Å². The van der Waals surface area contributed by atoms with Crippen LogP contribution in [0.2, 0.25) is 0 Å². The fourth-order valence-corrected chi connectivity index (χ4v) is 3.20. The molecule has 2 atom stereocenters. The molecule has 0 saturated heterocycles. The second kappa shape index (κ2) is 9.52. The number of aliphatic hydroxyl groups excluding tert-OH is 1. The van der Waals surface area contributed by atoms with Gasteiger partial charge in [0.25, 0.3) is 0 Å². The van der Waals surface area contributed by atoms with Gasteiger partial charge in [0.1, 0.15) is 5.75 Å². The maximum atomic E-state index is 9.92. The SMILES string of the molecule is CCNC(=NCC1CCCC1O)NCCc1cc(C)ccc1OC. The van der Waals surface area contributed by atoms with Crippen LogP contribution in [0.5, 0.6) is 5.75 Å². The van der Waals surface area contributed by atoms with Gasteiger partial charge in [-0.3, -0.25) is 4.99 Å². The highest BCUT2D eigenvalue weighted by Gasteiger charge is 2.24. The molecule has 1 aromatic carbocycles. The summed E-state index contributed by atoms with van der Waals surface area (Å²) in [5, 5.41) is 16.6. The van der Waals surface area contributed by atoms with Crippen molar-refractivity contribution in [1.29, 1.82) is 0 Å². The molecule has 0 bridgehead atoms. The summed E-state index contributed by atoms with van der Waals surface area (Å²) in [6.07, 6.45) is 3.79. The Balaban J connectivity index is 1.88. The number of aliphatic imine (C=N–C) groups is 1. The third-order valence-corrected chi connectivity index (χ3v) is 4.57. The Morgan fingerprint density at radius 3 is 2.83 bits per heavy atom. The zero-order valence-corrected chi connectivity index (χ0v) is 15.1. The summed E-state index contributed by atoms with van der Waals surface area (Å²) in [7, 11) is 1.71. The number of aliphatic hydroxyl groups is 1. The quantitative estimate of drug-likeness (QED) is 0.529. The van der Waals surface area contributed by atoms with Crippen molar-refractivity contribution in [2.75, 3.05) is 26.7 Å². The van der Waals surface area contributed by atoms with Crippen molar-refractivity contribution >= 4 is 5.96 Å². The van der Waals surface area contributed by atoms with Crippen LogP contribution in [0.3, 0.4) is 0 Å². The summed E-state index contributed by atoms with van der Waals surface area (Å²) in [4.78, 5) is 4.64. The predicted molar refractivity (Wildman–Crippen MR) is 98.8 cm³/mol. The van der Waals surface area contributed by atoms with Gasteiger partial charge >= 0.3 is 0 Å². The number of methoxy groups -OCH3 is 1. The normalized spacial score (nSPS) is 20.9. The fraction of sp³-hybridized carbons (Fsp3) is 0.632. The average molecular weight is 333 g/mol. The Labute approximate surface area is 145 Å². The Hall–Kier alpha value is -1.75. The minimum Gasteiger partial charge on any atom is -0.496 e. The Bertz CT molecular complexity index is 545. The van der Waals surface area contributed by atoms with Gasteiger partial charge in [-0.25, -0.2) is 0 Å². The van der Waals surface area contributed by atoms with Crippen LogP contribution >= 0.6 is 0 Å². The van der Waals surface area contributed by atoms with E-state index in [0.717, 1.165) is 50.5 Å². The molecule has 1 aromatic rings. The first-order valence-electron chi connectivity index (χ1n) is 8.97. The van der Waals surface area contributed by atoms with Crippen LogP contribution in [-0.2, 0) is 6.42 Å². The monoisotopic (exact) mass is 333 g/mol. The summed E-state index contributed by atoms with van der Waals surface area (Å²) in [6.45, 7) is 6.45. The molecule has 24 heavy (non-hydrogen) atoms. The Kier molecular flexibility index (Phi) is 7.37. The lowest BCUT2D eigenvalue weighted by molar-refractivity contribution is 0.136. The van der Waals surface area contributed by atoms with Crippen LogP contribution in [0.4, 0.5) is 0 Å². The topological polar surface area (TPSA) is 65.9 Å². The second-order valence-electron chi connectivity index (χ2n) is 6.47. The summed E-state index contributed by atoms with van der Waals surface area (Å²) in [6, 6.07) is 6.25. The largest absolute Gasteiger partial charge is 0.496 e. The molecule has 0 aromatic heterocycles. The van der Waals surface area contributed by atoms with Crippen LogP contribution in [0.1, 0.15) is 37.3 Å². The molecule has 0 amide bonds. The van der Waals surface area contributed by atoms with Gasteiger partial charge in [0, 0.05) is 25.6 Å². The van der Waals surface area contributed by atoms with E-state index in [1.54, 1.807) is 7.11 Å². The summed E-state index contributed by atoms with van der Waals surface area (Å²) in [5.41, 5.74) is 2.44. The van der Waals surface area contributed by atoms with Gasteiger partial charge in [0.15, 0.2) is 5.96 Å². The Morgan fingerprint density at radius 1 is 1.33 bits per heavy atom. The number of aryl methyl sites for hydroxylation is 1. The van der Waals surface area contributed by atoms with E-state index in [9.17, 15) is 5.11 Å². The smallest absolute Gasteiger partial charge is 0.191 e. The molecular formula is C19H31N3O2. The number of nitrogens with one attached hydrogen (secondary N) is 2. The first-order chi connectivity index (χ1) is 11.6. The van der Waals surface area contributed by atoms with E-state index in [4.69, 9.17) is 4.74 Å². The number of nitrogens with zero attached hydrogens (tertiary/aromatic N) is 1. The molecule has 2 unspecified atom stereocenters. The van der Waals surface area contributed by atoms with E-state index in [2.05, 4.69) is 41.6 Å². The van der Waals surface area contributed by atoms with Crippen LogP contribution in [-0.4, -0.2) is 43.9 Å². The van der Waals surface area contributed by atoms with E-state index < -0.39 is 0 Å². The molecular weight excluding hydrogens is 302 g/mol. The van der Waals surface area contributed by atoms with E-state index in [0.29, 0.717) is 12.5 Å². The third kappa shape index (κ3) is 5.41. The molecule has 1 aliphatic carbocycles. The standard InChI is InChI=1S/C19H31N3O2/c1-4-20-19(22-13-16-6-5-7-17(16)23)21-11-10-15-12-14(2)8-9-18(15)24-3/h8-9,12,16-17,23H,4-7,10-11,13H2,1-3H3,(H2,20,21,22). The van der Waals surface area contributed by atoms with Gasteiger partial charge in [0.2, 0.25) is 0 Å². The highest BCUT2D eigenvalue weighted by Crippen LogP contribution is 2.25. The summed E-state index contributed by atoms with van der Waals surface area (Å²) >= 11 is 0. The lowest BCUT2D eigenvalue weighted by Crippen LogP contribution is -2.39. The van der Waals surface area contributed by atoms with E-state index in [1.165, 1.54) is 11.1 Å². The van der Waals surface area contributed by atoms with Gasteiger partial charge in [-0.05, 0) is 44.7 Å². The molecule has 1 fully saturated rings. The van der Waals surface area contributed by atoms with E-state index >= 15 is 0 Å². The van der Waals surface area contributed by atoms with Crippen molar-refractivity contribution in [1.82, 2.24) is 10.6 Å². The maximum Gasteiger partial charge on any atom is 0.191 e. The molecule has 5 heteroatoms. The molecule has 5 nitrogen and oxygen atoms in total. The minimum atomic E-state index is -0.187. The van der Waals surface area contributed by atoms with Gasteiger partial charge in [0.05, 0.1) is 13.2 Å². The third-order valence-electron chi connectivity index (χ3n) is 4.57. The lowest BCUT2D eigenvalue weighted by Gasteiger charge is -2.15. The number of rotatable bonds is 7. The van der Waals surface area contributed by atoms with Crippen molar-refractivity contribution in [2.45, 2.75) is 45.6 Å². The average Bonchev–Trinajstić information content (AvgIpc) is 2.98. The van der Waals surface area contributed by atoms with Crippen LogP contribution < -0.4 is 15.4 Å². The molecule has 134 valence electrons.